The Morgan fingerprint density at radius 2 is 1.91 bits per heavy atom. The van der Waals surface area contributed by atoms with Crippen molar-refractivity contribution in [3.05, 3.63) is 35.9 Å². The highest BCUT2D eigenvalue weighted by molar-refractivity contribution is 5.85. The van der Waals surface area contributed by atoms with E-state index in [1.807, 2.05) is 13.0 Å². The summed E-state index contributed by atoms with van der Waals surface area (Å²) < 4.78 is 0. The lowest BCUT2D eigenvalue weighted by Gasteiger charge is -2.37. The second-order valence-corrected chi connectivity index (χ2v) is 7.17. The fraction of sp³-hybridized carbons (Fsp3) is 0.611. The average Bonchev–Trinajstić information content (AvgIpc) is 3.26. The Morgan fingerprint density at radius 3 is 2.50 bits per heavy atom. The molecule has 2 unspecified atom stereocenters. The molecule has 0 spiro atoms. The predicted molar refractivity (Wildman–Crippen MR) is 92.2 cm³/mol. The monoisotopic (exact) mass is 322 g/mol. The number of benzene rings is 1. The van der Waals surface area contributed by atoms with Crippen molar-refractivity contribution in [3.63, 3.8) is 0 Å². The van der Waals surface area contributed by atoms with Crippen LogP contribution in [0.4, 0.5) is 0 Å². The Bertz CT molecular complexity index is 511. The molecule has 3 rings (SSSR count). The minimum atomic E-state index is -0.341. The standard InChI is InChI=1S/C18H26N2O.ClH/c1-17(19)10-6-5-9-15(17)16(21)20-13-18(11-12-18)14-7-3-2-4-8-14;/h2-4,7-8,15H,5-6,9-13,19H2,1H3,(H,20,21);1H. The predicted octanol–water partition coefficient (Wildman–Crippen LogP) is 3.16. The normalized spacial score (nSPS) is 29.3. The maximum absolute atomic E-state index is 12.5. The zero-order chi connectivity index (χ0) is 14.9. The summed E-state index contributed by atoms with van der Waals surface area (Å²) in [6, 6.07) is 10.5. The van der Waals surface area contributed by atoms with Gasteiger partial charge >= 0.3 is 0 Å². The number of halogens is 1. The van der Waals surface area contributed by atoms with Gasteiger partial charge in [-0.1, -0.05) is 43.2 Å². The van der Waals surface area contributed by atoms with E-state index in [2.05, 4.69) is 29.6 Å². The third-order valence-corrected chi connectivity index (χ3v) is 5.41. The van der Waals surface area contributed by atoms with Crippen LogP contribution in [0.3, 0.4) is 0 Å². The molecule has 22 heavy (non-hydrogen) atoms. The van der Waals surface area contributed by atoms with Crippen LogP contribution in [-0.2, 0) is 10.2 Å². The van der Waals surface area contributed by atoms with Crippen LogP contribution >= 0.6 is 12.4 Å². The zero-order valence-corrected chi connectivity index (χ0v) is 14.1. The van der Waals surface area contributed by atoms with E-state index in [0.29, 0.717) is 0 Å². The van der Waals surface area contributed by atoms with Crippen LogP contribution in [0.1, 0.15) is 51.0 Å². The molecule has 0 bridgehead atoms. The van der Waals surface area contributed by atoms with Crippen molar-refractivity contribution in [1.29, 1.82) is 0 Å². The van der Waals surface area contributed by atoms with Gasteiger partial charge in [-0.3, -0.25) is 4.79 Å². The zero-order valence-electron chi connectivity index (χ0n) is 13.3. The van der Waals surface area contributed by atoms with Crippen LogP contribution in [0, 0.1) is 5.92 Å². The van der Waals surface area contributed by atoms with Gasteiger partial charge < -0.3 is 11.1 Å². The molecule has 0 aromatic heterocycles. The molecule has 2 aliphatic rings. The Kier molecular flexibility index (Phi) is 5.18. The van der Waals surface area contributed by atoms with Gasteiger partial charge in [0.05, 0.1) is 5.92 Å². The molecule has 2 fully saturated rings. The molecule has 1 aromatic carbocycles. The Labute approximate surface area is 139 Å². The number of nitrogens with one attached hydrogen (secondary N) is 1. The second kappa shape index (κ2) is 6.59. The molecular weight excluding hydrogens is 296 g/mol. The summed E-state index contributed by atoms with van der Waals surface area (Å²) >= 11 is 0. The van der Waals surface area contributed by atoms with E-state index in [4.69, 9.17) is 5.73 Å². The van der Waals surface area contributed by atoms with E-state index < -0.39 is 0 Å². The van der Waals surface area contributed by atoms with Crippen molar-refractivity contribution in [1.82, 2.24) is 5.32 Å². The van der Waals surface area contributed by atoms with E-state index in [1.54, 1.807) is 0 Å². The van der Waals surface area contributed by atoms with Gasteiger partial charge in [-0.2, -0.15) is 0 Å². The lowest BCUT2D eigenvalue weighted by atomic mass is 9.74. The van der Waals surface area contributed by atoms with Crippen molar-refractivity contribution >= 4 is 18.3 Å². The summed E-state index contributed by atoms with van der Waals surface area (Å²) in [6.07, 6.45) is 6.48. The third kappa shape index (κ3) is 3.47. The minimum absolute atomic E-state index is 0. The molecule has 0 aliphatic heterocycles. The van der Waals surface area contributed by atoms with Crippen molar-refractivity contribution in [2.24, 2.45) is 11.7 Å². The lowest BCUT2D eigenvalue weighted by Crippen LogP contribution is -2.53. The molecule has 2 saturated carbocycles. The molecular formula is C18H27ClN2O. The van der Waals surface area contributed by atoms with E-state index in [9.17, 15) is 4.79 Å². The molecule has 2 aliphatic carbocycles. The largest absolute Gasteiger partial charge is 0.355 e. The Balaban J connectivity index is 0.00000176. The van der Waals surface area contributed by atoms with Crippen LogP contribution in [-0.4, -0.2) is 18.0 Å². The first-order valence-corrected chi connectivity index (χ1v) is 8.16. The van der Waals surface area contributed by atoms with Crippen molar-refractivity contribution < 1.29 is 4.79 Å². The number of rotatable bonds is 4. The second-order valence-electron chi connectivity index (χ2n) is 7.17. The summed E-state index contributed by atoms with van der Waals surface area (Å²) in [7, 11) is 0. The van der Waals surface area contributed by atoms with E-state index in [-0.39, 0.29) is 35.2 Å². The molecule has 4 heteroatoms. The molecule has 0 heterocycles. The molecule has 1 amide bonds. The maximum Gasteiger partial charge on any atom is 0.224 e. The molecule has 2 atom stereocenters. The maximum atomic E-state index is 12.5. The summed E-state index contributed by atoms with van der Waals surface area (Å²) in [5.74, 6) is 0.125. The van der Waals surface area contributed by atoms with Crippen LogP contribution in [0.2, 0.25) is 0 Å². The summed E-state index contributed by atoms with van der Waals surface area (Å²) in [5, 5.41) is 3.19. The van der Waals surface area contributed by atoms with Gasteiger partial charge in [0.15, 0.2) is 0 Å². The number of hydrogen-bond acceptors (Lipinski definition) is 2. The van der Waals surface area contributed by atoms with Gasteiger partial charge in [0.25, 0.3) is 0 Å². The average molecular weight is 323 g/mol. The van der Waals surface area contributed by atoms with E-state index in [0.717, 1.165) is 32.2 Å². The van der Waals surface area contributed by atoms with Crippen LogP contribution in [0.25, 0.3) is 0 Å². The number of nitrogens with two attached hydrogens (primary N) is 1. The highest BCUT2D eigenvalue weighted by atomic mass is 35.5. The Hall–Kier alpha value is -1.06. The summed E-state index contributed by atoms with van der Waals surface area (Å²) in [6.45, 7) is 2.78. The first kappa shape index (κ1) is 17.3. The highest BCUT2D eigenvalue weighted by Crippen LogP contribution is 2.47. The van der Waals surface area contributed by atoms with Gasteiger partial charge in [-0.15, -0.1) is 12.4 Å². The fourth-order valence-corrected chi connectivity index (χ4v) is 3.68. The molecule has 0 radical (unpaired) electrons. The minimum Gasteiger partial charge on any atom is -0.355 e. The van der Waals surface area contributed by atoms with Gasteiger partial charge in [0, 0.05) is 17.5 Å². The van der Waals surface area contributed by atoms with Gasteiger partial charge in [-0.25, -0.2) is 0 Å². The summed E-state index contributed by atoms with van der Waals surface area (Å²) in [4.78, 5) is 12.5. The van der Waals surface area contributed by atoms with Gasteiger partial charge in [-0.05, 0) is 38.2 Å². The van der Waals surface area contributed by atoms with Crippen LogP contribution < -0.4 is 11.1 Å². The summed E-state index contributed by atoms with van der Waals surface area (Å²) in [5.41, 5.74) is 7.52. The third-order valence-electron chi connectivity index (χ3n) is 5.41. The van der Waals surface area contributed by atoms with Gasteiger partial charge in [0.2, 0.25) is 5.91 Å². The van der Waals surface area contributed by atoms with Crippen LogP contribution in [0.5, 0.6) is 0 Å². The molecule has 122 valence electrons. The number of carbonyl (C=O) groups is 1. The fourth-order valence-electron chi connectivity index (χ4n) is 3.68. The SMILES string of the molecule is CC1(N)CCCCC1C(=O)NCC1(c2ccccc2)CC1.Cl. The Morgan fingerprint density at radius 1 is 1.23 bits per heavy atom. The number of hydrogen-bond donors (Lipinski definition) is 2. The number of carbonyl (C=O) groups excluding carboxylic acids is 1. The van der Waals surface area contributed by atoms with E-state index in [1.165, 1.54) is 18.4 Å². The topological polar surface area (TPSA) is 55.1 Å². The molecule has 1 aromatic rings. The van der Waals surface area contributed by atoms with Crippen molar-refractivity contribution in [2.75, 3.05) is 6.54 Å². The molecule has 3 nitrogen and oxygen atoms in total. The molecule has 3 N–H and O–H groups in total. The molecule has 0 saturated heterocycles. The van der Waals surface area contributed by atoms with E-state index >= 15 is 0 Å². The smallest absolute Gasteiger partial charge is 0.224 e. The number of amides is 1. The quantitative estimate of drug-likeness (QED) is 0.894. The first-order valence-electron chi connectivity index (χ1n) is 8.16. The van der Waals surface area contributed by atoms with Crippen molar-refractivity contribution in [2.45, 2.75) is 56.4 Å². The van der Waals surface area contributed by atoms with Crippen LogP contribution in [0.15, 0.2) is 30.3 Å². The highest BCUT2D eigenvalue weighted by Gasteiger charge is 2.45. The van der Waals surface area contributed by atoms with Crippen molar-refractivity contribution in [3.8, 4) is 0 Å². The lowest BCUT2D eigenvalue weighted by molar-refractivity contribution is -0.128. The first-order chi connectivity index (χ1) is 10.0. The van der Waals surface area contributed by atoms with Gasteiger partial charge in [0.1, 0.15) is 0 Å².